The highest BCUT2D eigenvalue weighted by Crippen LogP contribution is 2.13. The summed E-state index contributed by atoms with van der Waals surface area (Å²) in [6.07, 6.45) is 0.382. The molecule has 3 rings (SSSR count). The summed E-state index contributed by atoms with van der Waals surface area (Å²) in [4.78, 5) is 16.7. The summed E-state index contributed by atoms with van der Waals surface area (Å²) in [6, 6.07) is 16.7. The van der Waals surface area contributed by atoms with E-state index in [1.807, 2.05) is 6.07 Å². The number of hydrogen-bond acceptors (Lipinski definition) is 3. The van der Waals surface area contributed by atoms with E-state index in [2.05, 4.69) is 39.4 Å². The van der Waals surface area contributed by atoms with Crippen molar-refractivity contribution in [3.8, 4) is 0 Å². The third-order valence-electron chi connectivity index (χ3n) is 4.52. The van der Waals surface area contributed by atoms with Gasteiger partial charge in [0.1, 0.15) is 5.82 Å². The Hall–Kier alpha value is -1.95. The van der Waals surface area contributed by atoms with E-state index < -0.39 is 5.82 Å². The Bertz CT molecular complexity index is 690. The molecule has 1 saturated heterocycles. The smallest absolute Gasteiger partial charge is 0.225 e. The van der Waals surface area contributed by atoms with E-state index in [0.717, 1.165) is 32.7 Å². The van der Waals surface area contributed by atoms with Gasteiger partial charge in [-0.2, -0.15) is 0 Å². The van der Waals surface area contributed by atoms with Gasteiger partial charge in [0.25, 0.3) is 0 Å². The number of nitrogens with zero attached hydrogens (tertiary/aromatic N) is 2. The molecule has 0 unspecified atom stereocenters. The molecule has 0 radical (unpaired) electrons. The molecule has 26 heavy (non-hydrogen) atoms. The first-order chi connectivity index (χ1) is 12.2. The summed E-state index contributed by atoms with van der Waals surface area (Å²) < 4.78 is 13.5. The van der Waals surface area contributed by atoms with Crippen LogP contribution in [0.25, 0.3) is 0 Å². The van der Waals surface area contributed by atoms with Gasteiger partial charge in [-0.3, -0.25) is 9.69 Å². The Labute approximate surface area is 160 Å². The lowest BCUT2D eigenvalue weighted by Gasteiger charge is -2.34. The molecule has 1 aliphatic rings. The Kier molecular flexibility index (Phi) is 8.04. The molecule has 4 nitrogen and oxygen atoms in total. The maximum atomic E-state index is 13.5. The van der Waals surface area contributed by atoms with Crippen molar-refractivity contribution >= 4 is 24.0 Å². The number of anilines is 1. The first-order valence-electron chi connectivity index (χ1n) is 8.74. The predicted molar refractivity (Wildman–Crippen MR) is 105 cm³/mol. The van der Waals surface area contributed by atoms with Crippen LogP contribution in [-0.2, 0) is 11.3 Å². The second kappa shape index (κ2) is 10.3. The van der Waals surface area contributed by atoms with E-state index in [9.17, 15) is 9.18 Å². The second-order valence-electron chi connectivity index (χ2n) is 6.38. The van der Waals surface area contributed by atoms with Gasteiger partial charge in [-0.05, 0) is 17.7 Å². The van der Waals surface area contributed by atoms with Crippen molar-refractivity contribution in [3.63, 3.8) is 0 Å². The van der Waals surface area contributed by atoms with Crippen LogP contribution >= 0.6 is 12.4 Å². The zero-order valence-electron chi connectivity index (χ0n) is 14.7. The van der Waals surface area contributed by atoms with Crippen LogP contribution in [0.1, 0.15) is 12.0 Å². The lowest BCUT2D eigenvalue weighted by molar-refractivity contribution is -0.116. The summed E-state index contributed by atoms with van der Waals surface area (Å²) in [5.41, 5.74) is 1.58. The van der Waals surface area contributed by atoms with Crippen LogP contribution in [0.3, 0.4) is 0 Å². The molecule has 2 aromatic carbocycles. The van der Waals surface area contributed by atoms with Gasteiger partial charge >= 0.3 is 0 Å². The molecule has 0 bridgehead atoms. The van der Waals surface area contributed by atoms with Crippen molar-refractivity contribution in [2.75, 3.05) is 38.0 Å². The van der Waals surface area contributed by atoms with E-state index in [4.69, 9.17) is 0 Å². The van der Waals surface area contributed by atoms with Gasteiger partial charge in [-0.25, -0.2) is 4.39 Å². The van der Waals surface area contributed by atoms with Gasteiger partial charge < -0.3 is 10.2 Å². The van der Waals surface area contributed by atoms with Crippen molar-refractivity contribution in [1.82, 2.24) is 9.80 Å². The summed E-state index contributed by atoms with van der Waals surface area (Å²) in [7, 11) is 0. The zero-order valence-corrected chi connectivity index (χ0v) is 15.6. The maximum Gasteiger partial charge on any atom is 0.225 e. The third kappa shape index (κ3) is 6.09. The van der Waals surface area contributed by atoms with Gasteiger partial charge in [0, 0.05) is 45.7 Å². The second-order valence-corrected chi connectivity index (χ2v) is 6.38. The molecule has 1 fully saturated rings. The van der Waals surface area contributed by atoms with Crippen LogP contribution in [-0.4, -0.2) is 48.4 Å². The average molecular weight is 378 g/mol. The number of carbonyl (C=O) groups excluding carboxylic acids is 1. The van der Waals surface area contributed by atoms with Crippen LogP contribution in [0.2, 0.25) is 0 Å². The van der Waals surface area contributed by atoms with Crippen LogP contribution < -0.4 is 5.32 Å². The minimum Gasteiger partial charge on any atom is -0.324 e. The van der Waals surface area contributed by atoms with E-state index in [1.54, 1.807) is 18.2 Å². The van der Waals surface area contributed by atoms with Crippen molar-refractivity contribution in [1.29, 1.82) is 0 Å². The monoisotopic (exact) mass is 377 g/mol. The fraction of sp³-hybridized carbons (Fsp3) is 0.350. The fourth-order valence-electron chi connectivity index (χ4n) is 3.05. The van der Waals surface area contributed by atoms with Crippen LogP contribution in [0.5, 0.6) is 0 Å². The van der Waals surface area contributed by atoms with Gasteiger partial charge in [0.05, 0.1) is 5.69 Å². The molecular formula is C20H25ClFN3O. The molecule has 0 aliphatic carbocycles. The highest BCUT2D eigenvalue weighted by molar-refractivity contribution is 5.90. The highest BCUT2D eigenvalue weighted by Gasteiger charge is 2.17. The van der Waals surface area contributed by atoms with E-state index in [1.165, 1.54) is 11.6 Å². The molecule has 0 spiro atoms. The molecule has 1 amide bonds. The first kappa shape index (κ1) is 20.4. The summed E-state index contributed by atoms with van der Waals surface area (Å²) >= 11 is 0. The number of rotatable bonds is 6. The van der Waals surface area contributed by atoms with E-state index in [-0.39, 0.29) is 24.0 Å². The number of benzene rings is 2. The zero-order chi connectivity index (χ0) is 17.5. The topological polar surface area (TPSA) is 35.6 Å². The number of piperazine rings is 1. The van der Waals surface area contributed by atoms with E-state index >= 15 is 0 Å². The van der Waals surface area contributed by atoms with Crippen LogP contribution in [0.15, 0.2) is 54.6 Å². The van der Waals surface area contributed by atoms with Gasteiger partial charge in [0.2, 0.25) is 5.91 Å². The first-order valence-corrected chi connectivity index (χ1v) is 8.74. The van der Waals surface area contributed by atoms with E-state index in [0.29, 0.717) is 13.0 Å². The molecule has 0 aromatic heterocycles. The Morgan fingerprint density at radius 2 is 1.54 bits per heavy atom. The minimum absolute atomic E-state index is 0. The summed E-state index contributed by atoms with van der Waals surface area (Å²) in [5.74, 6) is -0.540. The normalized spacial score (nSPS) is 15.3. The molecular weight excluding hydrogens is 353 g/mol. The highest BCUT2D eigenvalue weighted by atomic mass is 35.5. The molecule has 1 heterocycles. The number of hydrogen-bond donors (Lipinski definition) is 1. The third-order valence-corrected chi connectivity index (χ3v) is 4.52. The quantitative estimate of drug-likeness (QED) is 0.838. The molecule has 1 N–H and O–H groups in total. The molecule has 6 heteroatoms. The molecule has 1 aliphatic heterocycles. The van der Waals surface area contributed by atoms with Crippen molar-refractivity contribution in [2.24, 2.45) is 0 Å². The summed E-state index contributed by atoms with van der Waals surface area (Å²) in [6.45, 7) is 5.61. The molecule has 0 saturated carbocycles. The van der Waals surface area contributed by atoms with Crippen molar-refractivity contribution in [2.45, 2.75) is 13.0 Å². The van der Waals surface area contributed by atoms with Gasteiger partial charge in [-0.15, -0.1) is 12.4 Å². The van der Waals surface area contributed by atoms with Gasteiger partial charge in [0.15, 0.2) is 0 Å². The largest absolute Gasteiger partial charge is 0.324 e. The standard InChI is InChI=1S/C20H24FN3O.ClH/c21-18-8-4-5-9-19(18)22-20(25)10-11-23-12-14-24(15-13-23)16-17-6-2-1-3-7-17;/h1-9H,10-16H2,(H,22,25);1H. The average Bonchev–Trinajstić information content (AvgIpc) is 2.64. The number of halogens is 2. The lowest BCUT2D eigenvalue weighted by atomic mass is 10.2. The Morgan fingerprint density at radius 3 is 2.23 bits per heavy atom. The summed E-state index contributed by atoms with van der Waals surface area (Å²) in [5, 5.41) is 2.64. The van der Waals surface area contributed by atoms with Gasteiger partial charge in [-0.1, -0.05) is 42.5 Å². The molecule has 2 aromatic rings. The van der Waals surface area contributed by atoms with Crippen molar-refractivity contribution in [3.05, 3.63) is 66.0 Å². The number of nitrogens with one attached hydrogen (secondary N) is 1. The lowest BCUT2D eigenvalue weighted by Crippen LogP contribution is -2.46. The minimum atomic E-state index is -0.398. The predicted octanol–water partition coefficient (Wildman–Crippen LogP) is 3.39. The van der Waals surface area contributed by atoms with Crippen LogP contribution in [0, 0.1) is 5.82 Å². The number of amides is 1. The Morgan fingerprint density at radius 1 is 0.923 bits per heavy atom. The SMILES string of the molecule is Cl.O=C(CCN1CCN(Cc2ccccc2)CC1)Nc1ccccc1F. The maximum absolute atomic E-state index is 13.5. The number of para-hydroxylation sites is 1. The molecule has 0 atom stereocenters. The Balaban J connectivity index is 0.00000243. The molecule has 140 valence electrons. The van der Waals surface area contributed by atoms with Crippen LogP contribution in [0.4, 0.5) is 10.1 Å². The van der Waals surface area contributed by atoms with Crippen molar-refractivity contribution < 1.29 is 9.18 Å². The fourth-order valence-corrected chi connectivity index (χ4v) is 3.05. The number of carbonyl (C=O) groups is 1.